The number of halogens is 1. The SMILES string of the molecule is C[C@H](Cn1ncc2ccccc2c1=O)NC(=O)c1ccc(F)cc1O. The smallest absolute Gasteiger partial charge is 0.274 e. The maximum atomic E-state index is 13.0. The van der Waals surface area contributed by atoms with Crippen LogP contribution in [0.15, 0.2) is 53.5 Å². The van der Waals surface area contributed by atoms with Crippen LogP contribution in [0.3, 0.4) is 0 Å². The summed E-state index contributed by atoms with van der Waals surface area (Å²) in [6.45, 7) is 1.87. The van der Waals surface area contributed by atoms with Crippen molar-refractivity contribution in [1.82, 2.24) is 15.1 Å². The summed E-state index contributed by atoms with van der Waals surface area (Å²) in [5.41, 5.74) is -0.282. The van der Waals surface area contributed by atoms with E-state index in [1.54, 1.807) is 31.3 Å². The van der Waals surface area contributed by atoms with E-state index in [-0.39, 0.29) is 17.7 Å². The Hall–Kier alpha value is -3.22. The number of aromatic nitrogens is 2. The van der Waals surface area contributed by atoms with Gasteiger partial charge < -0.3 is 10.4 Å². The van der Waals surface area contributed by atoms with Gasteiger partial charge in [-0.05, 0) is 25.1 Å². The van der Waals surface area contributed by atoms with Crippen molar-refractivity contribution < 1.29 is 14.3 Å². The van der Waals surface area contributed by atoms with E-state index in [4.69, 9.17) is 0 Å². The van der Waals surface area contributed by atoms with Crippen molar-refractivity contribution in [3.05, 3.63) is 70.4 Å². The second-order valence-electron chi connectivity index (χ2n) is 5.76. The average molecular weight is 341 g/mol. The van der Waals surface area contributed by atoms with Crippen LogP contribution in [0, 0.1) is 5.82 Å². The number of benzene rings is 2. The molecule has 0 bridgehead atoms. The van der Waals surface area contributed by atoms with Crippen molar-refractivity contribution in [3.8, 4) is 5.75 Å². The Kier molecular flexibility index (Phi) is 4.47. The summed E-state index contributed by atoms with van der Waals surface area (Å²) >= 11 is 0. The zero-order chi connectivity index (χ0) is 18.0. The van der Waals surface area contributed by atoms with Crippen LogP contribution in [0.25, 0.3) is 10.8 Å². The Morgan fingerprint density at radius 3 is 2.84 bits per heavy atom. The number of phenols is 1. The van der Waals surface area contributed by atoms with Gasteiger partial charge in [-0.1, -0.05) is 18.2 Å². The Morgan fingerprint density at radius 1 is 1.32 bits per heavy atom. The number of nitrogens with zero attached hydrogens (tertiary/aromatic N) is 2. The molecule has 2 aromatic carbocycles. The zero-order valence-corrected chi connectivity index (χ0v) is 13.4. The molecule has 7 heteroatoms. The highest BCUT2D eigenvalue weighted by Gasteiger charge is 2.15. The fourth-order valence-electron chi connectivity index (χ4n) is 2.56. The Bertz CT molecular complexity index is 1000. The summed E-state index contributed by atoms with van der Waals surface area (Å²) in [4.78, 5) is 24.6. The molecule has 1 heterocycles. The Balaban J connectivity index is 1.76. The number of carbonyl (C=O) groups excluding carboxylic acids is 1. The quantitative estimate of drug-likeness (QED) is 0.761. The number of aromatic hydroxyl groups is 1. The zero-order valence-electron chi connectivity index (χ0n) is 13.4. The lowest BCUT2D eigenvalue weighted by atomic mass is 10.1. The minimum Gasteiger partial charge on any atom is -0.507 e. The molecule has 2 N–H and O–H groups in total. The van der Waals surface area contributed by atoms with Crippen molar-refractivity contribution in [1.29, 1.82) is 0 Å². The van der Waals surface area contributed by atoms with Crippen LogP contribution in [-0.2, 0) is 6.54 Å². The first-order chi connectivity index (χ1) is 12.0. The first-order valence-corrected chi connectivity index (χ1v) is 7.70. The molecule has 3 rings (SSSR count). The van der Waals surface area contributed by atoms with Crippen LogP contribution in [0.1, 0.15) is 17.3 Å². The van der Waals surface area contributed by atoms with Crippen LogP contribution in [-0.4, -0.2) is 26.8 Å². The van der Waals surface area contributed by atoms with E-state index < -0.39 is 23.5 Å². The molecular weight excluding hydrogens is 325 g/mol. The number of amides is 1. The van der Waals surface area contributed by atoms with E-state index in [2.05, 4.69) is 10.4 Å². The molecule has 0 aliphatic carbocycles. The van der Waals surface area contributed by atoms with Crippen molar-refractivity contribution in [3.63, 3.8) is 0 Å². The molecule has 3 aromatic rings. The van der Waals surface area contributed by atoms with Crippen LogP contribution in [0.2, 0.25) is 0 Å². The van der Waals surface area contributed by atoms with Gasteiger partial charge in [0.15, 0.2) is 0 Å². The first kappa shape index (κ1) is 16.6. The molecule has 1 aromatic heterocycles. The summed E-state index contributed by atoms with van der Waals surface area (Å²) in [6.07, 6.45) is 1.59. The predicted octanol–water partition coefficient (Wildman–Crippen LogP) is 2.06. The monoisotopic (exact) mass is 341 g/mol. The lowest BCUT2D eigenvalue weighted by Gasteiger charge is -2.15. The van der Waals surface area contributed by atoms with Gasteiger partial charge in [0.25, 0.3) is 11.5 Å². The molecule has 0 unspecified atom stereocenters. The summed E-state index contributed by atoms with van der Waals surface area (Å²) in [6, 6.07) is 9.86. The van der Waals surface area contributed by atoms with Gasteiger partial charge >= 0.3 is 0 Å². The maximum Gasteiger partial charge on any atom is 0.274 e. The van der Waals surface area contributed by atoms with Gasteiger partial charge in [0, 0.05) is 17.5 Å². The molecule has 0 aliphatic rings. The molecule has 1 atom stereocenters. The molecule has 0 radical (unpaired) electrons. The van der Waals surface area contributed by atoms with Crippen molar-refractivity contribution in [2.75, 3.05) is 0 Å². The lowest BCUT2D eigenvalue weighted by molar-refractivity contribution is 0.0933. The topological polar surface area (TPSA) is 84.2 Å². The number of carbonyl (C=O) groups is 1. The third kappa shape index (κ3) is 3.50. The van der Waals surface area contributed by atoms with E-state index in [1.165, 1.54) is 10.7 Å². The fraction of sp³-hybridized carbons (Fsp3) is 0.167. The van der Waals surface area contributed by atoms with E-state index in [0.29, 0.717) is 5.39 Å². The van der Waals surface area contributed by atoms with Gasteiger partial charge in [0.1, 0.15) is 11.6 Å². The third-order valence-corrected chi connectivity index (χ3v) is 3.79. The van der Waals surface area contributed by atoms with E-state index in [9.17, 15) is 19.1 Å². The second-order valence-corrected chi connectivity index (χ2v) is 5.76. The van der Waals surface area contributed by atoms with Gasteiger partial charge in [-0.2, -0.15) is 5.10 Å². The number of phenolic OH excluding ortho intramolecular Hbond substituents is 1. The minimum absolute atomic E-state index is 0.0351. The predicted molar refractivity (Wildman–Crippen MR) is 91.0 cm³/mol. The molecule has 0 saturated heterocycles. The third-order valence-electron chi connectivity index (χ3n) is 3.79. The van der Waals surface area contributed by atoms with Crippen LogP contribution >= 0.6 is 0 Å². The number of fused-ring (bicyclic) bond motifs is 1. The number of hydrogen-bond acceptors (Lipinski definition) is 4. The van der Waals surface area contributed by atoms with Crippen molar-refractivity contribution >= 4 is 16.7 Å². The Labute approximate surface area is 142 Å². The largest absolute Gasteiger partial charge is 0.507 e. The fourth-order valence-corrected chi connectivity index (χ4v) is 2.56. The molecule has 0 fully saturated rings. The Morgan fingerprint density at radius 2 is 2.08 bits per heavy atom. The molecule has 0 aliphatic heterocycles. The summed E-state index contributed by atoms with van der Waals surface area (Å²) < 4.78 is 14.3. The highest BCUT2D eigenvalue weighted by molar-refractivity contribution is 5.96. The number of rotatable bonds is 4. The van der Waals surface area contributed by atoms with Gasteiger partial charge in [0.05, 0.1) is 23.7 Å². The second kappa shape index (κ2) is 6.72. The maximum absolute atomic E-state index is 13.0. The standard InChI is InChI=1S/C18H16FN3O3/c1-11(21-17(24)15-7-6-13(19)8-16(15)23)10-22-18(25)14-5-3-2-4-12(14)9-20-22/h2-9,11,23H,10H2,1H3,(H,21,24)/t11-/m1/s1. The molecule has 6 nitrogen and oxygen atoms in total. The molecular formula is C18H16FN3O3. The van der Waals surface area contributed by atoms with E-state index in [0.717, 1.165) is 17.5 Å². The average Bonchev–Trinajstić information content (AvgIpc) is 2.57. The lowest BCUT2D eigenvalue weighted by Crippen LogP contribution is -2.39. The first-order valence-electron chi connectivity index (χ1n) is 7.70. The summed E-state index contributed by atoms with van der Waals surface area (Å²) in [5, 5.41) is 17.7. The van der Waals surface area contributed by atoms with Gasteiger partial charge in [-0.15, -0.1) is 0 Å². The van der Waals surface area contributed by atoms with Crippen LogP contribution in [0.5, 0.6) is 5.75 Å². The number of nitrogens with one attached hydrogen (secondary N) is 1. The van der Waals surface area contributed by atoms with E-state index in [1.807, 2.05) is 6.07 Å². The molecule has 1 amide bonds. The van der Waals surface area contributed by atoms with Crippen molar-refractivity contribution in [2.45, 2.75) is 19.5 Å². The van der Waals surface area contributed by atoms with Crippen LogP contribution in [0.4, 0.5) is 4.39 Å². The summed E-state index contributed by atoms with van der Waals surface area (Å²) in [7, 11) is 0. The van der Waals surface area contributed by atoms with E-state index >= 15 is 0 Å². The minimum atomic E-state index is -0.631. The van der Waals surface area contributed by atoms with Crippen LogP contribution < -0.4 is 10.9 Å². The highest BCUT2D eigenvalue weighted by atomic mass is 19.1. The normalized spacial score (nSPS) is 12.1. The van der Waals surface area contributed by atoms with Gasteiger partial charge in [-0.25, -0.2) is 9.07 Å². The molecule has 0 spiro atoms. The molecule has 128 valence electrons. The molecule has 0 saturated carbocycles. The number of hydrogen-bond donors (Lipinski definition) is 2. The molecule has 25 heavy (non-hydrogen) atoms. The van der Waals surface area contributed by atoms with Gasteiger partial charge in [-0.3, -0.25) is 9.59 Å². The van der Waals surface area contributed by atoms with Crippen molar-refractivity contribution in [2.24, 2.45) is 0 Å². The highest BCUT2D eigenvalue weighted by Crippen LogP contribution is 2.18. The van der Waals surface area contributed by atoms with Gasteiger partial charge in [0.2, 0.25) is 0 Å². The summed E-state index contributed by atoms with van der Waals surface area (Å²) in [5.74, 6) is -1.63.